The second-order valence-corrected chi connectivity index (χ2v) is 8.28. The molecule has 5 nitrogen and oxygen atoms in total. The number of benzene rings is 3. The number of methoxy groups -OCH3 is 1. The normalized spacial score (nSPS) is 11.9. The van der Waals surface area contributed by atoms with E-state index in [4.69, 9.17) is 9.47 Å². The molecule has 0 aliphatic heterocycles. The van der Waals surface area contributed by atoms with Crippen molar-refractivity contribution in [3.63, 3.8) is 0 Å². The Morgan fingerprint density at radius 2 is 1.62 bits per heavy atom. The van der Waals surface area contributed by atoms with Crippen molar-refractivity contribution in [1.82, 2.24) is 4.57 Å². The summed E-state index contributed by atoms with van der Waals surface area (Å²) in [4.78, 5) is 18.9. The van der Waals surface area contributed by atoms with Gasteiger partial charge < -0.3 is 14.0 Å². The average molecular weight is 447 g/mol. The van der Waals surface area contributed by atoms with E-state index in [9.17, 15) is 4.79 Å². The molecule has 0 N–H and O–H groups in total. The Labute approximate surface area is 191 Å². The van der Waals surface area contributed by atoms with Crippen LogP contribution in [0.15, 0.2) is 83.9 Å². The lowest BCUT2D eigenvalue weighted by Crippen LogP contribution is -2.22. The summed E-state index contributed by atoms with van der Waals surface area (Å²) < 4.78 is 14.2. The number of aromatic nitrogens is 1. The van der Waals surface area contributed by atoms with E-state index in [1.165, 1.54) is 11.3 Å². The largest absolute Gasteiger partial charge is 0.492 e. The van der Waals surface area contributed by atoms with Crippen molar-refractivity contribution in [2.75, 3.05) is 20.3 Å². The summed E-state index contributed by atoms with van der Waals surface area (Å²) in [6.45, 7) is 3.61. The summed E-state index contributed by atoms with van der Waals surface area (Å²) in [7, 11) is 1.67. The molecule has 0 aliphatic carbocycles. The van der Waals surface area contributed by atoms with Gasteiger partial charge in [0, 0.05) is 13.7 Å². The lowest BCUT2D eigenvalue weighted by Gasteiger charge is -2.14. The highest BCUT2D eigenvalue weighted by molar-refractivity contribution is 7.16. The molecule has 0 bridgehead atoms. The van der Waals surface area contributed by atoms with Crippen LogP contribution in [0, 0.1) is 0 Å². The summed E-state index contributed by atoms with van der Waals surface area (Å²) in [5.74, 6) is 0.122. The van der Waals surface area contributed by atoms with E-state index in [1.807, 2.05) is 90.4 Å². The number of amides is 1. The molecule has 6 heteroatoms. The van der Waals surface area contributed by atoms with E-state index in [2.05, 4.69) is 4.99 Å². The SMILES string of the molecule is CCOc1cccc2sc(=NC(=O)C(c3ccccc3)c3ccccc3)n(CCOC)c12. The minimum Gasteiger partial charge on any atom is -0.492 e. The Morgan fingerprint density at radius 3 is 2.22 bits per heavy atom. The predicted octanol–water partition coefficient (Wildman–Crippen LogP) is 5.01. The van der Waals surface area contributed by atoms with E-state index in [0.717, 1.165) is 27.1 Å². The van der Waals surface area contributed by atoms with Gasteiger partial charge in [-0.1, -0.05) is 78.1 Å². The van der Waals surface area contributed by atoms with Gasteiger partial charge in [-0.15, -0.1) is 0 Å². The molecule has 4 rings (SSSR count). The first-order valence-corrected chi connectivity index (χ1v) is 11.5. The average Bonchev–Trinajstić information content (AvgIpc) is 3.17. The van der Waals surface area contributed by atoms with Crippen LogP contribution in [0.4, 0.5) is 0 Å². The first-order chi connectivity index (χ1) is 15.7. The Kier molecular flexibility index (Phi) is 7.14. The third-order valence-electron chi connectivity index (χ3n) is 5.20. The molecule has 1 aromatic heterocycles. The van der Waals surface area contributed by atoms with Crippen molar-refractivity contribution in [3.8, 4) is 5.75 Å². The maximum Gasteiger partial charge on any atom is 0.260 e. The van der Waals surface area contributed by atoms with Gasteiger partial charge in [-0.3, -0.25) is 4.79 Å². The Bertz CT molecular complexity index is 1210. The summed E-state index contributed by atoms with van der Waals surface area (Å²) in [5, 5.41) is 0. The van der Waals surface area contributed by atoms with Gasteiger partial charge in [-0.05, 0) is 30.2 Å². The van der Waals surface area contributed by atoms with E-state index in [0.29, 0.717) is 24.6 Å². The molecule has 0 saturated heterocycles. The van der Waals surface area contributed by atoms with Gasteiger partial charge in [-0.25, -0.2) is 0 Å². The van der Waals surface area contributed by atoms with Crippen LogP contribution in [-0.2, 0) is 16.1 Å². The predicted molar refractivity (Wildman–Crippen MR) is 128 cm³/mol. The van der Waals surface area contributed by atoms with Gasteiger partial charge in [0.25, 0.3) is 5.91 Å². The molecule has 0 atom stereocenters. The third-order valence-corrected chi connectivity index (χ3v) is 6.25. The van der Waals surface area contributed by atoms with Gasteiger partial charge in [0.2, 0.25) is 0 Å². The van der Waals surface area contributed by atoms with E-state index in [1.54, 1.807) is 7.11 Å². The molecule has 0 aliphatic rings. The van der Waals surface area contributed by atoms with Gasteiger partial charge in [0.1, 0.15) is 11.3 Å². The highest BCUT2D eigenvalue weighted by Gasteiger charge is 2.23. The van der Waals surface area contributed by atoms with Crippen molar-refractivity contribution in [1.29, 1.82) is 0 Å². The third kappa shape index (κ3) is 4.66. The van der Waals surface area contributed by atoms with E-state index in [-0.39, 0.29) is 5.91 Å². The lowest BCUT2D eigenvalue weighted by atomic mass is 9.91. The number of thiazole rings is 1. The van der Waals surface area contributed by atoms with Crippen LogP contribution in [0.1, 0.15) is 24.0 Å². The zero-order valence-electron chi connectivity index (χ0n) is 18.2. The maximum atomic E-state index is 13.6. The Morgan fingerprint density at radius 1 is 0.969 bits per heavy atom. The van der Waals surface area contributed by atoms with Gasteiger partial charge in [-0.2, -0.15) is 4.99 Å². The summed E-state index contributed by atoms with van der Waals surface area (Å²) >= 11 is 1.49. The van der Waals surface area contributed by atoms with Crippen LogP contribution in [0.2, 0.25) is 0 Å². The molecule has 0 saturated carbocycles. The van der Waals surface area contributed by atoms with Crippen LogP contribution in [-0.4, -0.2) is 30.8 Å². The van der Waals surface area contributed by atoms with Crippen molar-refractivity contribution in [3.05, 3.63) is 94.8 Å². The maximum absolute atomic E-state index is 13.6. The van der Waals surface area contributed by atoms with Crippen LogP contribution in [0.25, 0.3) is 10.2 Å². The highest BCUT2D eigenvalue weighted by Crippen LogP contribution is 2.29. The number of para-hydroxylation sites is 1. The standard InChI is InChI=1S/C26H26N2O3S/c1-3-31-21-15-10-16-22-24(21)28(17-18-30-2)26(32-22)27-25(29)23(19-11-6-4-7-12-19)20-13-8-5-9-14-20/h4-16,23H,3,17-18H2,1-2H3. The zero-order chi connectivity index (χ0) is 22.3. The first-order valence-electron chi connectivity index (χ1n) is 10.7. The number of carbonyl (C=O) groups excluding carboxylic acids is 1. The quantitative estimate of drug-likeness (QED) is 0.382. The number of nitrogens with zero attached hydrogens (tertiary/aromatic N) is 2. The molecular formula is C26H26N2O3S. The molecule has 3 aromatic carbocycles. The molecule has 164 valence electrons. The smallest absolute Gasteiger partial charge is 0.260 e. The molecule has 0 fully saturated rings. The molecule has 0 spiro atoms. The number of hydrogen-bond donors (Lipinski definition) is 0. The van der Waals surface area contributed by atoms with Crippen molar-refractivity contribution < 1.29 is 14.3 Å². The summed E-state index contributed by atoms with van der Waals surface area (Å²) in [6.07, 6.45) is 0. The van der Waals surface area contributed by atoms with E-state index >= 15 is 0 Å². The minimum atomic E-state index is -0.468. The van der Waals surface area contributed by atoms with Gasteiger partial charge in [0.15, 0.2) is 4.80 Å². The second kappa shape index (κ2) is 10.4. The fourth-order valence-electron chi connectivity index (χ4n) is 3.77. The molecule has 1 heterocycles. The number of carbonyl (C=O) groups is 1. The van der Waals surface area contributed by atoms with Crippen LogP contribution in [0.3, 0.4) is 0 Å². The second-order valence-electron chi connectivity index (χ2n) is 7.27. The van der Waals surface area contributed by atoms with Crippen molar-refractivity contribution >= 4 is 27.5 Å². The molecule has 0 unspecified atom stereocenters. The van der Waals surface area contributed by atoms with E-state index < -0.39 is 5.92 Å². The summed E-state index contributed by atoms with van der Waals surface area (Å²) in [6, 6.07) is 25.5. The lowest BCUT2D eigenvalue weighted by molar-refractivity contribution is -0.118. The number of fused-ring (bicyclic) bond motifs is 1. The highest BCUT2D eigenvalue weighted by atomic mass is 32.1. The van der Waals surface area contributed by atoms with Crippen LogP contribution in [0.5, 0.6) is 5.75 Å². The van der Waals surface area contributed by atoms with Crippen molar-refractivity contribution in [2.24, 2.45) is 4.99 Å². The molecular weight excluding hydrogens is 420 g/mol. The Balaban J connectivity index is 1.86. The topological polar surface area (TPSA) is 52.8 Å². The van der Waals surface area contributed by atoms with Gasteiger partial charge in [0.05, 0.1) is 23.8 Å². The molecule has 0 radical (unpaired) electrons. The fourth-order valence-corrected chi connectivity index (χ4v) is 4.85. The monoisotopic (exact) mass is 446 g/mol. The molecule has 32 heavy (non-hydrogen) atoms. The molecule has 1 amide bonds. The number of rotatable bonds is 8. The number of ether oxygens (including phenoxy) is 2. The fraction of sp³-hybridized carbons (Fsp3) is 0.231. The Hall–Kier alpha value is -3.22. The van der Waals surface area contributed by atoms with Crippen LogP contribution >= 0.6 is 11.3 Å². The molecule has 4 aromatic rings. The number of hydrogen-bond acceptors (Lipinski definition) is 4. The minimum absolute atomic E-state index is 0.196. The van der Waals surface area contributed by atoms with Gasteiger partial charge >= 0.3 is 0 Å². The van der Waals surface area contributed by atoms with Crippen molar-refractivity contribution in [2.45, 2.75) is 19.4 Å². The van der Waals surface area contributed by atoms with Crippen LogP contribution < -0.4 is 9.54 Å². The summed E-state index contributed by atoms with van der Waals surface area (Å²) in [5.41, 5.74) is 2.79. The first kappa shape index (κ1) is 22.0. The zero-order valence-corrected chi connectivity index (χ0v) is 19.0.